The van der Waals surface area contributed by atoms with Crippen molar-refractivity contribution in [3.05, 3.63) is 22.7 Å². The topological polar surface area (TPSA) is 92.4 Å². The number of nitrogen functional groups attached to an aromatic ring is 1. The van der Waals surface area contributed by atoms with E-state index in [0.29, 0.717) is 16.3 Å². The highest BCUT2D eigenvalue weighted by Gasteiger charge is 2.25. The van der Waals surface area contributed by atoms with Crippen molar-refractivity contribution < 1.29 is 13.5 Å². The van der Waals surface area contributed by atoms with E-state index in [4.69, 9.17) is 17.3 Å². The van der Waals surface area contributed by atoms with Crippen LogP contribution in [0.5, 0.6) is 0 Å². The molecular weight excluding hydrogens is 312 g/mol. The Hall–Kier alpha value is -0.820. The summed E-state index contributed by atoms with van der Waals surface area (Å²) < 4.78 is 27.1. The molecule has 1 aromatic rings. The lowest BCUT2D eigenvalue weighted by Gasteiger charge is -2.27. The molecule has 2 unspecified atom stereocenters. The van der Waals surface area contributed by atoms with Crippen LogP contribution in [0.1, 0.15) is 31.2 Å². The minimum absolute atomic E-state index is 0.0354. The summed E-state index contributed by atoms with van der Waals surface area (Å²) in [5, 5.41) is 10.2. The minimum atomic E-state index is -3.67. The fraction of sp³-hybridized carbons (Fsp3) is 0.571. The summed E-state index contributed by atoms with van der Waals surface area (Å²) in [4.78, 5) is 0.0564. The van der Waals surface area contributed by atoms with Crippen LogP contribution < -0.4 is 10.5 Å². The second-order valence-electron chi connectivity index (χ2n) is 5.58. The molecule has 0 saturated heterocycles. The summed E-state index contributed by atoms with van der Waals surface area (Å²) in [6.07, 6.45) is 3.14. The van der Waals surface area contributed by atoms with Gasteiger partial charge in [-0.2, -0.15) is 0 Å². The summed E-state index contributed by atoms with van der Waals surface area (Å²) in [6.45, 7) is 1.97. The highest BCUT2D eigenvalue weighted by Crippen LogP contribution is 2.27. The van der Waals surface area contributed by atoms with Crippen LogP contribution in [0.4, 0.5) is 5.69 Å². The number of hydrogen-bond acceptors (Lipinski definition) is 4. The van der Waals surface area contributed by atoms with Gasteiger partial charge in [-0.25, -0.2) is 13.1 Å². The lowest BCUT2D eigenvalue weighted by molar-refractivity contribution is 0.0724. The maximum Gasteiger partial charge on any atom is 0.240 e. The smallest absolute Gasteiger partial charge is 0.240 e. The van der Waals surface area contributed by atoms with Crippen molar-refractivity contribution in [2.24, 2.45) is 5.92 Å². The SMILES string of the molecule is Cc1c(N)cc(S(=O)(=O)NCC2CCCCC2O)cc1Cl. The molecule has 5 nitrogen and oxygen atoms in total. The first-order valence-electron chi connectivity index (χ1n) is 7.04. The minimum Gasteiger partial charge on any atom is -0.398 e. The number of nitrogens with one attached hydrogen (secondary N) is 1. The van der Waals surface area contributed by atoms with Crippen LogP contribution in [0.25, 0.3) is 0 Å². The van der Waals surface area contributed by atoms with E-state index in [-0.39, 0.29) is 17.4 Å². The molecule has 1 fully saturated rings. The van der Waals surface area contributed by atoms with Crippen molar-refractivity contribution in [2.45, 2.75) is 43.6 Å². The number of benzene rings is 1. The third kappa shape index (κ3) is 3.88. The number of aliphatic hydroxyl groups excluding tert-OH is 1. The number of rotatable bonds is 4. The highest BCUT2D eigenvalue weighted by molar-refractivity contribution is 7.89. The lowest BCUT2D eigenvalue weighted by atomic mass is 9.87. The fourth-order valence-corrected chi connectivity index (χ4v) is 4.00. The first-order valence-corrected chi connectivity index (χ1v) is 8.90. The highest BCUT2D eigenvalue weighted by atomic mass is 35.5. The summed E-state index contributed by atoms with van der Waals surface area (Å²) in [7, 11) is -3.67. The van der Waals surface area contributed by atoms with Gasteiger partial charge in [-0.3, -0.25) is 0 Å². The van der Waals surface area contributed by atoms with Crippen LogP contribution >= 0.6 is 11.6 Å². The maximum atomic E-state index is 12.3. The van der Waals surface area contributed by atoms with E-state index in [0.717, 1.165) is 25.7 Å². The van der Waals surface area contributed by atoms with E-state index in [9.17, 15) is 13.5 Å². The normalized spacial score (nSPS) is 23.2. The summed E-state index contributed by atoms with van der Waals surface area (Å²) in [6, 6.07) is 2.80. The number of halogens is 1. The standard InChI is InChI=1S/C14H21ClN2O3S/c1-9-12(15)6-11(7-13(9)16)21(19,20)17-8-10-4-2-3-5-14(10)18/h6-7,10,14,17-18H,2-5,8,16H2,1H3. The zero-order valence-corrected chi connectivity index (χ0v) is 13.5. The molecule has 1 saturated carbocycles. The summed E-state index contributed by atoms with van der Waals surface area (Å²) >= 11 is 5.98. The van der Waals surface area contributed by atoms with E-state index in [1.807, 2.05) is 0 Å². The molecule has 0 spiro atoms. The summed E-state index contributed by atoms with van der Waals surface area (Å²) in [5.41, 5.74) is 6.78. The zero-order valence-electron chi connectivity index (χ0n) is 12.0. The van der Waals surface area contributed by atoms with Crippen molar-refractivity contribution in [1.29, 1.82) is 0 Å². The zero-order chi connectivity index (χ0) is 15.6. The van der Waals surface area contributed by atoms with Crippen molar-refractivity contribution >= 4 is 27.3 Å². The maximum absolute atomic E-state index is 12.3. The van der Waals surface area contributed by atoms with Gasteiger partial charge in [-0.1, -0.05) is 24.4 Å². The molecule has 0 heterocycles. The van der Waals surface area contributed by atoms with Crippen molar-refractivity contribution in [2.75, 3.05) is 12.3 Å². The molecule has 1 aliphatic rings. The summed E-state index contributed by atoms with van der Waals surface area (Å²) in [5.74, 6) is -0.0354. The molecule has 2 atom stereocenters. The molecule has 4 N–H and O–H groups in total. The fourth-order valence-electron chi connectivity index (χ4n) is 2.56. The molecule has 7 heteroatoms. The first kappa shape index (κ1) is 16.5. The van der Waals surface area contributed by atoms with Crippen LogP contribution in [-0.4, -0.2) is 26.2 Å². The molecule has 1 aliphatic carbocycles. The van der Waals surface area contributed by atoms with Gasteiger partial charge in [-0.05, 0) is 43.4 Å². The number of hydrogen-bond donors (Lipinski definition) is 3. The second-order valence-corrected chi connectivity index (χ2v) is 7.76. The lowest BCUT2D eigenvalue weighted by Crippen LogP contribution is -2.36. The Balaban J connectivity index is 2.11. The van der Waals surface area contributed by atoms with Gasteiger partial charge in [-0.15, -0.1) is 0 Å². The molecule has 118 valence electrons. The second kappa shape index (κ2) is 6.52. The van der Waals surface area contributed by atoms with Gasteiger partial charge in [0.05, 0.1) is 11.0 Å². The third-order valence-corrected chi connectivity index (χ3v) is 5.87. The average Bonchev–Trinajstić information content (AvgIpc) is 2.43. The number of nitrogens with two attached hydrogens (primary N) is 1. The molecule has 0 bridgehead atoms. The molecule has 0 aromatic heterocycles. The molecule has 0 radical (unpaired) electrons. The number of sulfonamides is 1. The largest absolute Gasteiger partial charge is 0.398 e. The first-order chi connectivity index (χ1) is 9.81. The van der Waals surface area contributed by atoms with Gasteiger partial charge in [0.1, 0.15) is 0 Å². The van der Waals surface area contributed by atoms with Crippen LogP contribution in [0.2, 0.25) is 5.02 Å². The van der Waals surface area contributed by atoms with Gasteiger partial charge in [0, 0.05) is 17.3 Å². The molecule has 2 rings (SSSR count). The predicted molar refractivity (Wildman–Crippen MR) is 83.8 cm³/mol. The quantitative estimate of drug-likeness (QED) is 0.736. The van der Waals surface area contributed by atoms with Gasteiger partial charge in [0.15, 0.2) is 0 Å². The third-order valence-electron chi connectivity index (χ3n) is 4.07. The Bertz CT molecular complexity index is 596. The molecule has 0 aliphatic heterocycles. The van der Waals surface area contributed by atoms with Gasteiger partial charge in [0.2, 0.25) is 10.0 Å². The van der Waals surface area contributed by atoms with E-state index in [1.54, 1.807) is 6.92 Å². The molecular formula is C14H21ClN2O3S. The van der Waals surface area contributed by atoms with E-state index in [2.05, 4.69) is 4.72 Å². The van der Waals surface area contributed by atoms with Gasteiger partial charge < -0.3 is 10.8 Å². The van der Waals surface area contributed by atoms with Crippen molar-refractivity contribution in [3.63, 3.8) is 0 Å². The number of aliphatic hydroxyl groups is 1. The number of anilines is 1. The van der Waals surface area contributed by atoms with Crippen LogP contribution in [0, 0.1) is 12.8 Å². The molecule has 1 aromatic carbocycles. The van der Waals surface area contributed by atoms with Crippen LogP contribution in [0.15, 0.2) is 17.0 Å². The Morgan fingerprint density at radius 3 is 2.67 bits per heavy atom. The monoisotopic (exact) mass is 332 g/mol. The van der Waals surface area contributed by atoms with E-state index in [1.165, 1.54) is 12.1 Å². The Kier molecular flexibility index (Phi) is 5.14. The molecule has 21 heavy (non-hydrogen) atoms. The van der Waals surface area contributed by atoms with E-state index >= 15 is 0 Å². The van der Waals surface area contributed by atoms with Crippen LogP contribution in [-0.2, 0) is 10.0 Å². The average molecular weight is 333 g/mol. The Morgan fingerprint density at radius 1 is 1.38 bits per heavy atom. The van der Waals surface area contributed by atoms with Gasteiger partial charge in [0.25, 0.3) is 0 Å². The van der Waals surface area contributed by atoms with E-state index < -0.39 is 16.1 Å². The predicted octanol–water partition coefficient (Wildman–Crippen LogP) is 2.06. The van der Waals surface area contributed by atoms with Gasteiger partial charge >= 0.3 is 0 Å². The Labute approximate surface area is 130 Å². The van der Waals surface area contributed by atoms with Crippen LogP contribution in [0.3, 0.4) is 0 Å². The Morgan fingerprint density at radius 2 is 2.05 bits per heavy atom. The van der Waals surface area contributed by atoms with Crippen molar-refractivity contribution in [3.8, 4) is 0 Å². The van der Waals surface area contributed by atoms with Crippen molar-refractivity contribution in [1.82, 2.24) is 4.72 Å². The molecule has 0 amide bonds.